The second-order valence-electron chi connectivity index (χ2n) is 5.89. The third kappa shape index (κ3) is 5.73. The normalized spacial score (nSPS) is 11.2. The van der Waals surface area contributed by atoms with Crippen LogP contribution in [-0.2, 0) is 0 Å². The molecule has 0 fully saturated rings. The summed E-state index contributed by atoms with van der Waals surface area (Å²) < 4.78 is 0. The van der Waals surface area contributed by atoms with E-state index in [1.807, 2.05) is 0 Å². The maximum atomic E-state index is 12.1. The second-order valence-corrected chi connectivity index (χ2v) is 5.89. The summed E-state index contributed by atoms with van der Waals surface area (Å²) in [5.41, 5.74) is 0.843. The van der Waals surface area contributed by atoms with Gasteiger partial charge in [-0.3, -0.25) is 4.79 Å². The highest BCUT2D eigenvalue weighted by Crippen LogP contribution is 2.17. The highest BCUT2D eigenvalue weighted by molar-refractivity contribution is 5.98. The minimum atomic E-state index is -0.0593. The fourth-order valence-corrected chi connectivity index (χ4v) is 1.62. The van der Waals surface area contributed by atoms with Crippen LogP contribution in [-0.4, -0.2) is 24.0 Å². The molecule has 0 spiro atoms. The number of hydrogen-bond acceptors (Lipinski definition) is 3. The van der Waals surface area contributed by atoms with E-state index in [0.29, 0.717) is 17.9 Å². The summed E-state index contributed by atoms with van der Waals surface area (Å²) in [5.74, 6) is 0.605. The summed E-state index contributed by atoms with van der Waals surface area (Å²) in [6, 6.07) is 3.59. The molecule has 1 amide bonds. The van der Waals surface area contributed by atoms with Gasteiger partial charge in [0.25, 0.3) is 5.91 Å². The predicted molar refractivity (Wildman–Crippen MR) is 79.4 cm³/mol. The van der Waals surface area contributed by atoms with E-state index in [2.05, 4.69) is 43.3 Å². The van der Waals surface area contributed by atoms with E-state index in [1.165, 1.54) is 0 Å². The van der Waals surface area contributed by atoms with Gasteiger partial charge in [0.05, 0.1) is 5.56 Å². The highest BCUT2D eigenvalue weighted by atomic mass is 16.1. The minimum absolute atomic E-state index is 0.0593. The molecule has 0 unspecified atom stereocenters. The lowest BCUT2D eigenvalue weighted by atomic mass is 9.92. The molecule has 0 aromatic carbocycles. The van der Waals surface area contributed by atoms with Crippen molar-refractivity contribution in [3.8, 4) is 0 Å². The Kier molecular flexibility index (Phi) is 5.80. The Labute approximate surface area is 116 Å². The van der Waals surface area contributed by atoms with Gasteiger partial charge in [0.2, 0.25) is 0 Å². The first kappa shape index (κ1) is 15.5. The third-order valence-corrected chi connectivity index (χ3v) is 2.76. The van der Waals surface area contributed by atoms with Crippen molar-refractivity contribution < 1.29 is 4.79 Å². The molecule has 0 saturated heterocycles. The van der Waals surface area contributed by atoms with Crippen LogP contribution in [0.25, 0.3) is 0 Å². The average Bonchev–Trinajstić information content (AvgIpc) is 2.35. The summed E-state index contributed by atoms with van der Waals surface area (Å²) in [5, 5.41) is 6.13. The summed E-state index contributed by atoms with van der Waals surface area (Å²) in [4.78, 5) is 16.3. The average molecular weight is 263 g/mol. The van der Waals surface area contributed by atoms with Gasteiger partial charge in [-0.05, 0) is 30.4 Å². The Hall–Kier alpha value is -1.58. The monoisotopic (exact) mass is 263 g/mol. The molecule has 106 valence electrons. The van der Waals surface area contributed by atoms with Crippen molar-refractivity contribution in [2.24, 2.45) is 5.41 Å². The van der Waals surface area contributed by atoms with Gasteiger partial charge in [-0.2, -0.15) is 0 Å². The number of carbonyl (C=O) groups is 1. The fourth-order valence-electron chi connectivity index (χ4n) is 1.62. The van der Waals surface area contributed by atoms with Gasteiger partial charge < -0.3 is 10.6 Å². The van der Waals surface area contributed by atoms with Crippen molar-refractivity contribution in [2.45, 2.75) is 40.5 Å². The number of rotatable bonds is 6. The predicted octanol–water partition coefficient (Wildman–Crippen LogP) is 3.07. The van der Waals surface area contributed by atoms with Gasteiger partial charge in [-0.1, -0.05) is 27.7 Å². The summed E-state index contributed by atoms with van der Waals surface area (Å²) in [6.45, 7) is 10.1. The van der Waals surface area contributed by atoms with Crippen molar-refractivity contribution >= 4 is 11.7 Å². The molecule has 0 radical (unpaired) electrons. The quantitative estimate of drug-likeness (QED) is 0.829. The molecule has 0 bridgehead atoms. The zero-order chi connectivity index (χ0) is 14.3. The molecule has 0 saturated carbocycles. The maximum absolute atomic E-state index is 12.1. The minimum Gasteiger partial charge on any atom is -0.369 e. The first-order valence-electron chi connectivity index (χ1n) is 6.91. The second kappa shape index (κ2) is 7.12. The molecule has 19 heavy (non-hydrogen) atoms. The van der Waals surface area contributed by atoms with E-state index in [9.17, 15) is 4.79 Å². The number of pyridine rings is 1. The first-order chi connectivity index (χ1) is 8.94. The number of nitrogens with one attached hydrogen (secondary N) is 2. The molecule has 0 atom stereocenters. The standard InChI is InChI=1S/C15H25N3O/c1-5-9-16-13-12(7-6-10-17-13)14(19)18-11-8-15(2,3)4/h6-7,10H,5,8-9,11H2,1-4H3,(H,16,17)(H,18,19). The third-order valence-electron chi connectivity index (χ3n) is 2.76. The van der Waals surface area contributed by atoms with Gasteiger partial charge >= 0.3 is 0 Å². The number of amides is 1. The van der Waals surface area contributed by atoms with Crippen molar-refractivity contribution in [3.05, 3.63) is 23.9 Å². The Balaban J connectivity index is 2.61. The molecule has 1 aromatic heterocycles. The molecule has 4 heteroatoms. The fraction of sp³-hybridized carbons (Fsp3) is 0.600. The first-order valence-corrected chi connectivity index (χ1v) is 6.91. The number of anilines is 1. The largest absolute Gasteiger partial charge is 0.369 e. The molecule has 0 aliphatic carbocycles. The molecule has 4 nitrogen and oxygen atoms in total. The molecule has 1 heterocycles. The van der Waals surface area contributed by atoms with Crippen LogP contribution in [0.5, 0.6) is 0 Å². The molecule has 0 aliphatic heterocycles. The number of carbonyl (C=O) groups excluding carboxylic acids is 1. The van der Waals surface area contributed by atoms with Crippen LogP contribution in [0, 0.1) is 5.41 Å². The maximum Gasteiger partial charge on any atom is 0.255 e. The number of nitrogens with zero attached hydrogens (tertiary/aromatic N) is 1. The summed E-state index contributed by atoms with van der Waals surface area (Å²) in [7, 11) is 0. The van der Waals surface area contributed by atoms with Gasteiger partial charge in [-0.15, -0.1) is 0 Å². The Morgan fingerprint density at radius 2 is 2.05 bits per heavy atom. The van der Waals surface area contributed by atoms with E-state index >= 15 is 0 Å². The SMILES string of the molecule is CCCNc1ncccc1C(=O)NCCC(C)(C)C. The van der Waals surface area contributed by atoms with E-state index in [1.54, 1.807) is 18.3 Å². The summed E-state index contributed by atoms with van der Waals surface area (Å²) >= 11 is 0. The van der Waals surface area contributed by atoms with Crippen LogP contribution in [0.15, 0.2) is 18.3 Å². The van der Waals surface area contributed by atoms with Crippen molar-refractivity contribution in [1.82, 2.24) is 10.3 Å². The van der Waals surface area contributed by atoms with Crippen LogP contribution in [0.1, 0.15) is 50.9 Å². The van der Waals surface area contributed by atoms with Crippen LogP contribution in [0.2, 0.25) is 0 Å². The Morgan fingerprint density at radius 3 is 2.68 bits per heavy atom. The van der Waals surface area contributed by atoms with Crippen molar-refractivity contribution in [2.75, 3.05) is 18.4 Å². The summed E-state index contributed by atoms with van der Waals surface area (Å²) in [6.07, 6.45) is 3.66. The highest BCUT2D eigenvalue weighted by Gasteiger charge is 2.14. The molecule has 0 aliphatic rings. The lowest BCUT2D eigenvalue weighted by Gasteiger charge is -2.18. The molecule has 1 rings (SSSR count). The van der Waals surface area contributed by atoms with E-state index in [0.717, 1.165) is 19.4 Å². The zero-order valence-corrected chi connectivity index (χ0v) is 12.4. The van der Waals surface area contributed by atoms with Gasteiger partial charge in [-0.25, -0.2) is 4.98 Å². The molecule has 2 N–H and O–H groups in total. The smallest absolute Gasteiger partial charge is 0.255 e. The lowest BCUT2D eigenvalue weighted by Crippen LogP contribution is -2.28. The van der Waals surface area contributed by atoms with Gasteiger partial charge in [0.15, 0.2) is 0 Å². The lowest BCUT2D eigenvalue weighted by molar-refractivity contribution is 0.0950. The van der Waals surface area contributed by atoms with Gasteiger partial charge in [0.1, 0.15) is 5.82 Å². The van der Waals surface area contributed by atoms with Crippen LogP contribution < -0.4 is 10.6 Å². The number of hydrogen-bond donors (Lipinski definition) is 2. The van der Waals surface area contributed by atoms with E-state index in [-0.39, 0.29) is 11.3 Å². The molecular weight excluding hydrogens is 238 g/mol. The zero-order valence-electron chi connectivity index (χ0n) is 12.4. The van der Waals surface area contributed by atoms with Gasteiger partial charge in [0, 0.05) is 19.3 Å². The van der Waals surface area contributed by atoms with Crippen LogP contribution in [0.4, 0.5) is 5.82 Å². The molecular formula is C15H25N3O. The van der Waals surface area contributed by atoms with E-state index in [4.69, 9.17) is 0 Å². The van der Waals surface area contributed by atoms with Crippen molar-refractivity contribution in [3.63, 3.8) is 0 Å². The Bertz CT molecular complexity index is 410. The van der Waals surface area contributed by atoms with E-state index < -0.39 is 0 Å². The van der Waals surface area contributed by atoms with Crippen LogP contribution in [0.3, 0.4) is 0 Å². The van der Waals surface area contributed by atoms with Crippen molar-refractivity contribution in [1.29, 1.82) is 0 Å². The van der Waals surface area contributed by atoms with Crippen LogP contribution >= 0.6 is 0 Å². The number of aromatic nitrogens is 1. The topological polar surface area (TPSA) is 54.0 Å². The molecule has 1 aromatic rings. The Morgan fingerprint density at radius 1 is 1.32 bits per heavy atom.